The monoisotopic (exact) mass is 394 g/mol. The van der Waals surface area contributed by atoms with Crippen LogP contribution in [0.2, 0.25) is 0 Å². The van der Waals surface area contributed by atoms with Crippen LogP contribution in [-0.2, 0) is 0 Å². The average Bonchev–Trinajstić information content (AvgIpc) is 3.18. The lowest BCUT2D eigenvalue weighted by Crippen LogP contribution is -2.12. The normalized spacial score (nSPS) is 10.9. The second kappa shape index (κ2) is 7.23. The number of H-pyrrole nitrogens is 1. The topological polar surface area (TPSA) is 84.7 Å². The van der Waals surface area contributed by atoms with Crippen molar-refractivity contribution in [1.29, 1.82) is 0 Å². The summed E-state index contributed by atoms with van der Waals surface area (Å²) in [6.07, 6.45) is 0. The molecule has 8 heteroatoms. The van der Waals surface area contributed by atoms with Gasteiger partial charge in [-0.05, 0) is 41.0 Å². The lowest BCUT2D eigenvalue weighted by Gasteiger charge is -2.13. The highest BCUT2D eigenvalue weighted by Gasteiger charge is 2.17. The van der Waals surface area contributed by atoms with E-state index in [-0.39, 0.29) is 28.3 Å². The standard InChI is InChI=1S/C21H13F3N4O/c22-14-6-2-4-12(8-14)18-16(9-15(23)10-17(18)24)11-3-1-5-13(7-11)20-26-21(19(25)29)28-27-20/h1-10H,(H2,25,29)(H,26,27,28). The number of nitrogens with zero attached hydrogens (tertiary/aromatic N) is 2. The smallest absolute Gasteiger partial charge is 0.286 e. The minimum absolute atomic E-state index is 0.0656. The first-order valence-electron chi connectivity index (χ1n) is 8.50. The molecule has 4 rings (SSSR count). The third kappa shape index (κ3) is 3.60. The van der Waals surface area contributed by atoms with Crippen molar-refractivity contribution >= 4 is 5.91 Å². The molecule has 4 aromatic rings. The van der Waals surface area contributed by atoms with Gasteiger partial charge in [0.2, 0.25) is 5.82 Å². The van der Waals surface area contributed by atoms with Crippen molar-refractivity contribution in [2.45, 2.75) is 0 Å². The van der Waals surface area contributed by atoms with E-state index in [2.05, 4.69) is 15.2 Å². The molecule has 144 valence electrons. The van der Waals surface area contributed by atoms with Gasteiger partial charge >= 0.3 is 0 Å². The van der Waals surface area contributed by atoms with Crippen molar-refractivity contribution in [2.24, 2.45) is 5.73 Å². The Labute approximate surface area is 163 Å². The molecular weight excluding hydrogens is 381 g/mol. The summed E-state index contributed by atoms with van der Waals surface area (Å²) in [6, 6.07) is 13.9. The fraction of sp³-hybridized carbons (Fsp3) is 0. The maximum absolute atomic E-state index is 14.7. The van der Waals surface area contributed by atoms with Crippen molar-refractivity contribution in [3.05, 3.63) is 83.9 Å². The van der Waals surface area contributed by atoms with Gasteiger partial charge < -0.3 is 5.73 Å². The van der Waals surface area contributed by atoms with Crippen LogP contribution in [0.25, 0.3) is 33.6 Å². The minimum atomic E-state index is -0.815. The van der Waals surface area contributed by atoms with Crippen LogP contribution >= 0.6 is 0 Å². The van der Waals surface area contributed by atoms with E-state index in [1.165, 1.54) is 24.3 Å². The number of aromatic amines is 1. The highest BCUT2D eigenvalue weighted by Crippen LogP contribution is 2.36. The van der Waals surface area contributed by atoms with E-state index in [9.17, 15) is 18.0 Å². The number of rotatable bonds is 4. The summed E-state index contributed by atoms with van der Waals surface area (Å²) < 4.78 is 42.4. The lowest BCUT2D eigenvalue weighted by molar-refractivity contribution is 0.0991. The molecular formula is C21H13F3N4O. The first-order valence-corrected chi connectivity index (χ1v) is 8.50. The largest absolute Gasteiger partial charge is 0.363 e. The molecule has 1 amide bonds. The second-order valence-corrected chi connectivity index (χ2v) is 6.27. The third-order valence-electron chi connectivity index (χ3n) is 4.32. The molecule has 1 aromatic heterocycles. The van der Waals surface area contributed by atoms with Crippen LogP contribution in [0.3, 0.4) is 0 Å². The second-order valence-electron chi connectivity index (χ2n) is 6.27. The van der Waals surface area contributed by atoms with E-state index in [4.69, 9.17) is 5.73 Å². The van der Waals surface area contributed by atoms with E-state index in [0.717, 1.165) is 6.07 Å². The molecule has 1 heterocycles. The van der Waals surface area contributed by atoms with Crippen molar-refractivity contribution in [3.63, 3.8) is 0 Å². The molecule has 0 spiro atoms. The van der Waals surface area contributed by atoms with E-state index in [1.54, 1.807) is 30.3 Å². The van der Waals surface area contributed by atoms with Gasteiger partial charge in [0.25, 0.3) is 5.91 Å². The average molecular weight is 394 g/mol. The van der Waals surface area contributed by atoms with Gasteiger partial charge in [0.15, 0.2) is 5.82 Å². The Hall–Kier alpha value is -3.94. The van der Waals surface area contributed by atoms with Crippen molar-refractivity contribution in [1.82, 2.24) is 15.2 Å². The van der Waals surface area contributed by atoms with Gasteiger partial charge in [-0.25, -0.2) is 18.2 Å². The van der Waals surface area contributed by atoms with Crippen molar-refractivity contribution in [3.8, 4) is 33.6 Å². The molecule has 0 aliphatic heterocycles. The number of carbonyl (C=O) groups is 1. The zero-order valence-electron chi connectivity index (χ0n) is 14.8. The Morgan fingerprint density at radius 1 is 0.862 bits per heavy atom. The fourth-order valence-corrected chi connectivity index (χ4v) is 3.07. The number of amides is 1. The zero-order valence-corrected chi connectivity index (χ0v) is 14.8. The summed E-state index contributed by atoms with van der Waals surface area (Å²) in [4.78, 5) is 15.2. The Bertz CT molecular complexity index is 1240. The predicted molar refractivity (Wildman–Crippen MR) is 101 cm³/mol. The van der Waals surface area contributed by atoms with Gasteiger partial charge in [0.1, 0.15) is 17.5 Å². The summed E-state index contributed by atoms with van der Waals surface area (Å²) >= 11 is 0. The van der Waals surface area contributed by atoms with Gasteiger partial charge in [0.05, 0.1) is 0 Å². The number of carbonyl (C=O) groups excluding carboxylic acids is 1. The number of primary amides is 1. The Kier molecular flexibility index (Phi) is 4.59. The maximum Gasteiger partial charge on any atom is 0.286 e. The molecule has 29 heavy (non-hydrogen) atoms. The molecule has 0 radical (unpaired) electrons. The van der Waals surface area contributed by atoms with Crippen LogP contribution in [0.5, 0.6) is 0 Å². The summed E-state index contributed by atoms with van der Waals surface area (Å²) in [6.45, 7) is 0. The molecule has 0 fully saturated rings. The summed E-state index contributed by atoms with van der Waals surface area (Å²) in [7, 11) is 0. The predicted octanol–water partition coefficient (Wildman–Crippen LogP) is 4.32. The summed E-state index contributed by atoms with van der Waals surface area (Å²) in [5.74, 6) is -2.79. The molecule has 3 N–H and O–H groups in total. The molecule has 5 nitrogen and oxygen atoms in total. The van der Waals surface area contributed by atoms with Crippen LogP contribution in [0.4, 0.5) is 13.2 Å². The molecule has 0 unspecified atom stereocenters. The Balaban J connectivity index is 1.88. The molecule has 3 aromatic carbocycles. The van der Waals surface area contributed by atoms with Gasteiger partial charge in [-0.3, -0.25) is 9.89 Å². The first-order chi connectivity index (χ1) is 13.9. The maximum atomic E-state index is 14.7. The minimum Gasteiger partial charge on any atom is -0.363 e. The van der Waals surface area contributed by atoms with E-state index in [0.29, 0.717) is 11.1 Å². The SMILES string of the molecule is NC(=O)c1nc(-c2cccc(-c3cc(F)cc(F)c3-c3cccc(F)c3)c2)n[nH]1. The number of halogens is 3. The van der Waals surface area contributed by atoms with Crippen LogP contribution in [-0.4, -0.2) is 21.1 Å². The fourth-order valence-electron chi connectivity index (χ4n) is 3.07. The molecule has 0 bridgehead atoms. The number of nitrogens with two attached hydrogens (primary N) is 1. The van der Waals surface area contributed by atoms with Crippen molar-refractivity contribution < 1.29 is 18.0 Å². The molecule has 0 saturated heterocycles. The van der Waals surface area contributed by atoms with Crippen molar-refractivity contribution in [2.75, 3.05) is 0 Å². The third-order valence-corrected chi connectivity index (χ3v) is 4.32. The van der Waals surface area contributed by atoms with E-state index in [1.807, 2.05) is 0 Å². The number of benzene rings is 3. The Morgan fingerprint density at radius 3 is 2.31 bits per heavy atom. The van der Waals surface area contributed by atoms with E-state index >= 15 is 0 Å². The number of hydrogen-bond donors (Lipinski definition) is 2. The van der Waals surface area contributed by atoms with Crippen LogP contribution < -0.4 is 5.73 Å². The van der Waals surface area contributed by atoms with Crippen LogP contribution in [0.15, 0.2) is 60.7 Å². The quantitative estimate of drug-likeness (QED) is 0.541. The first kappa shape index (κ1) is 18.4. The van der Waals surface area contributed by atoms with Crippen LogP contribution in [0.1, 0.15) is 10.6 Å². The molecule has 0 aliphatic rings. The lowest BCUT2D eigenvalue weighted by atomic mass is 9.93. The summed E-state index contributed by atoms with van der Waals surface area (Å²) in [5, 5.41) is 6.36. The van der Waals surface area contributed by atoms with Gasteiger partial charge in [0, 0.05) is 17.2 Å². The van der Waals surface area contributed by atoms with Gasteiger partial charge in [-0.1, -0.05) is 30.3 Å². The number of aromatic nitrogens is 3. The molecule has 0 aliphatic carbocycles. The summed E-state index contributed by atoms with van der Waals surface area (Å²) in [5.41, 5.74) is 6.71. The van der Waals surface area contributed by atoms with Crippen LogP contribution in [0, 0.1) is 17.5 Å². The highest BCUT2D eigenvalue weighted by atomic mass is 19.1. The van der Waals surface area contributed by atoms with Gasteiger partial charge in [-0.15, -0.1) is 0 Å². The molecule has 0 atom stereocenters. The van der Waals surface area contributed by atoms with Gasteiger partial charge in [-0.2, -0.15) is 5.10 Å². The molecule has 0 saturated carbocycles. The number of hydrogen-bond acceptors (Lipinski definition) is 3. The zero-order chi connectivity index (χ0) is 20.5. The Morgan fingerprint density at radius 2 is 1.59 bits per heavy atom. The highest BCUT2D eigenvalue weighted by molar-refractivity contribution is 5.89. The van der Waals surface area contributed by atoms with E-state index < -0.39 is 23.4 Å². The number of nitrogens with one attached hydrogen (secondary N) is 1.